The minimum absolute atomic E-state index is 0.211. The summed E-state index contributed by atoms with van der Waals surface area (Å²) in [6.45, 7) is 1.44. The summed E-state index contributed by atoms with van der Waals surface area (Å²) in [5.41, 5.74) is 5.61. The molecule has 1 aromatic carbocycles. The van der Waals surface area contributed by atoms with Gasteiger partial charge in [-0.25, -0.2) is 4.39 Å². The van der Waals surface area contributed by atoms with Crippen LogP contribution in [-0.4, -0.2) is 11.1 Å². The summed E-state index contributed by atoms with van der Waals surface area (Å²) in [4.78, 5) is 0. The van der Waals surface area contributed by atoms with Gasteiger partial charge in [-0.05, 0) is 35.9 Å². The summed E-state index contributed by atoms with van der Waals surface area (Å²) in [6, 6.07) is 5.94. The summed E-state index contributed by atoms with van der Waals surface area (Å²) >= 11 is 1.58. The molecule has 1 heterocycles. The van der Waals surface area contributed by atoms with Gasteiger partial charge in [-0.15, -0.1) is 11.3 Å². The smallest absolute Gasteiger partial charge is 0.247 e. The summed E-state index contributed by atoms with van der Waals surface area (Å²) in [7, 11) is 0. The van der Waals surface area contributed by atoms with Gasteiger partial charge in [-0.3, -0.25) is 0 Å². The molecule has 0 bridgehead atoms. The molecule has 80 valence electrons. The van der Waals surface area contributed by atoms with E-state index >= 15 is 0 Å². The first-order valence-electron chi connectivity index (χ1n) is 4.66. The second-order valence-corrected chi connectivity index (χ2v) is 4.58. The summed E-state index contributed by atoms with van der Waals surface area (Å²) in [5, 5.41) is 12.4. The highest BCUT2D eigenvalue weighted by Gasteiger charge is 2.33. The van der Waals surface area contributed by atoms with Crippen LogP contribution in [-0.2, 0) is 5.85 Å². The Labute approximate surface area is 91.1 Å². The molecule has 1 aromatic heterocycles. The summed E-state index contributed by atoms with van der Waals surface area (Å²) < 4.78 is 14.9. The van der Waals surface area contributed by atoms with Crippen LogP contribution in [0, 0.1) is 0 Å². The van der Waals surface area contributed by atoms with E-state index in [4.69, 9.17) is 5.73 Å². The first kappa shape index (κ1) is 10.5. The van der Waals surface area contributed by atoms with Gasteiger partial charge in [-0.1, -0.05) is 6.07 Å². The van der Waals surface area contributed by atoms with Crippen LogP contribution in [0.15, 0.2) is 29.6 Å². The molecule has 3 N–H and O–H groups in total. The molecule has 4 heteroatoms. The lowest BCUT2D eigenvalue weighted by molar-refractivity contribution is -0.111. The van der Waals surface area contributed by atoms with Crippen molar-refractivity contribution in [2.75, 3.05) is 0 Å². The third-order valence-electron chi connectivity index (χ3n) is 2.46. The number of rotatable bonds is 2. The molecule has 0 spiro atoms. The molecular formula is C11H12FNOS. The van der Waals surface area contributed by atoms with E-state index in [0.717, 1.165) is 10.1 Å². The highest BCUT2D eigenvalue weighted by atomic mass is 32.1. The topological polar surface area (TPSA) is 46.2 Å². The lowest BCUT2D eigenvalue weighted by Crippen LogP contribution is -2.39. The molecule has 0 saturated heterocycles. The van der Waals surface area contributed by atoms with Gasteiger partial charge >= 0.3 is 0 Å². The van der Waals surface area contributed by atoms with Crippen LogP contribution in [0.1, 0.15) is 12.5 Å². The van der Waals surface area contributed by atoms with E-state index in [9.17, 15) is 9.50 Å². The largest absolute Gasteiger partial charge is 0.357 e. The molecule has 2 unspecified atom stereocenters. The number of alkyl halides is 1. The fourth-order valence-corrected chi connectivity index (χ4v) is 2.22. The third-order valence-corrected chi connectivity index (χ3v) is 3.36. The van der Waals surface area contributed by atoms with Crippen molar-refractivity contribution in [3.8, 4) is 0 Å². The Balaban J connectivity index is 2.52. The maximum atomic E-state index is 13.8. The van der Waals surface area contributed by atoms with Gasteiger partial charge < -0.3 is 10.8 Å². The maximum absolute atomic E-state index is 13.8. The summed E-state index contributed by atoms with van der Waals surface area (Å²) in [6.07, 6.45) is 0. The molecule has 0 radical (unpaired) electrons. The number of aliphatic hydroxyl groups is 1. The highest BCUT2D eigenvalue weighted by molar-refractivity contribution is 7.17. The summed E-state index contributed by atoms with van der Waals surface area (Å²) in [5.74, 6) is -2.46. The van der Waals surface area contributed by atoms with Crippen LogP contribution in [0.2, 0.25) is 0 Å². The number of halogens is 1. The van der Waals surface area contributed by atoms with Gasteiger partial charge in [0.25, 0.3) is 0 Å². The van der Waals surface area contributed by atoms with Crippen LogP contribution < -0.4 is 5.73 Å². The molecule has 2 nitrogen and oxygen atoms in total. The standard InChI is InChI=1S/C11H12FNOS/c1-7(13)11(12,14)9-2-3-10-8(6-9)4-5-15-10/h2-7,14H,13H2,1H3. The highest BCUT2D eigenvalue weighted by Crippen LogP contribution is 2.30. The minimum atomic E-state index is -2.46. The molecule has 0 saturated carbocycles. The molecule has 2 rings (SSSR count). The van der Waals surface area contributed by atoms with E-state index in [1.54, 1.807) is 29.5 Å². The Morgan fingerprint density at radius 3 is 2.87 bits per heavy atom. The first-order chi connectivity index (χ1) is 7.01. The van der Waals surface area contributed by atoms with Crippen molar-refractivity contribution >= 4 is 21.4 Å². The average molecular weight is 225 g/mol. The average Bonchev–Trinajstić information content (AvgIpc) is 2.63. The molecule has 0 amide bonds. The van der Waals surface area contributed by atoms with Crippen molar-refractivity contribution in [1.82, 2.24) is 0 Å². The van der Waals surface area contributed by atoms with Crippen LogP contribution in [0.25, 0.3) is 10.1 Å². The Hall–Kier alpha value is -0.970. The number of fused-ring (bicyclic) bond motifs is 1. The number of benzene rings is 1. The van der Waals surface area contributed by atoms with Gasteiger partial charge in [0.05, 0.1) is 6.04 Å². The SMILES string of the molecule is CC(N)C(O)(F)c1ccc2sccc2c1. The van der Waals surface area contributed by atoms with E-state index < -0.39 is 11.9 Å². The molecule has 0 aliphatic heterocycles. The minimum Gasteiger partial charge on any atom is -0.357 e. The van der Waals surface area contributed by atoms with Crippen LogP contribution >= 0.6 is 11.3 Å². The molecule has 2 atom stereocenters. The second-order valence-electron chi connectivity index (χ2n) is 3.64. The number of hydrogen-bond donors (Lipinski definition) is 2. The zero-order chi connectivity index (χ0) is 11.1. The van der Waals surface area contributed by atoms with E-state index in [1.807, 2.05) is 11.4 Å². The van der Waals surface area contributed by atoms with Crippen molar-refractivity contribution in [3.05, 3.63) is 35.2 Å². The first-order valence-corrected chi connectivity index (χ1v) is 5.54. The van der Waals surface area contributed by atoms with Gasteiger partial charge in [0.1, 0.15) is 0 Å². The normalized spacial score (nSPS) is 17.6. The van der Waals surface area contributed by atoms with Gasteiger partial charge in [-0.2, -0.15) is 0 Å². The van der Waals surface area contributed by atoms with Crippen LogP contribution in [0.4, 0.5) is 4.39 Å². The number of nitrogens with two attached hydrogens (primary N) is 1. The zero-order valence-corrected chi connectivity index (χ0v) is 9.09. The molecule has 15 heavy (non-hydrogen) atoms. The predicted octanol–water partition coefficient (Wildman–Crippen LogP) is 2.36. The van der Waals surface area contributed by atoms with Crippen molar-refractivity contribution in [3.63, 3.8) is 0 Å². The fourth-order valence-electron chi connectivity index (χ4n) is 1.45. The number of thiophene rings is 1. The lowest BCUT2D eigenvalue weighted by atomic mass is 10.0. The van der Waals surface area contributed by atoms with Gasteiger partial charge in [0, 0.05) is 10.3 Å². The van der Waals surface area contributed by atoms with E-state index in [0.29, 0.717) is 0 Å². The van der Waals surface area contributed by atoms with Gasteiger partial charge in [0.2, 0.25) is 5.85 Å². The second kappa shape index (κ2) is 3.56. The molecule has 0 fully saturated rings. The fraction of sp³-hybridized carbons (Fsp3) is 0.273. The van der Waals surface area contributed by atoms with E-state index in [1.165, 1.54) is 6.92 Å². The molecular weight excluding hydrogens is 213 g/mol. The van der Waals surface area contributed by atoms with Gasteiger partial charge in [0.15, 0.2) is 0 Å². The lowest BCUT2D eigenvalue weighted by Gasteiger charge is -2.23. The number of hydrogen-bond acceptors (Lipinski definition) is 3. The van der Waals surface area contributed by atoms with Crippen molar-refractivity contribution < 1.29 is 9.50 Å². The van der Waals surface area contributed by atoms with E-state index in [2.05, 4.69) is 0 Å². The monoisotopic (exact) mass is 225 g/mol. The van der Waals surface area contributed by atoms with Crippen molar-refractivity contribution in [2.45, 2.75) is 18.8 Å². The van der Waals surface area contributed by atoms with E-state index in [-0.39, 0.29) is 5.56 Å². The zero-order valence-electron chi connectivity index (χ0n) is 8.27. The van der Waals surface area contributed by atoms with Crippen molar-refractivity contribution in [1.29, 1.82) is 0 Å². The Bertz CT molecular complexity index is 478. The Kier molecular flexibility index (Phi) is 2.50. The molecule has 2 aromatic rings. The quantitative estimate of drug-likeness (QED) is 0.824. The van der Waals surface area contributed by atoms with Crippen LogP contribution in [0.3, 0.4) is 0 Å². The Morgan fingerprint density at radius 1 is 1.47 bits per heavy atom. The maximum Gasteiger partial charge on any atom is 0.247 e. The predicted molar refractivity (Wildman–Crippen MR) is 60.5 cm³/mol. The molecule has 0 aliphatic rings. The molecule has 0 aliphatic carbocycles. The van der Waals surface area contributed by atoms with Crippen molar-refractivity contribution in [2.24, 2.45) is 5.73 Å². The Morgan fingerprint density at radius 2 is 2.20 bits per heavy atom. The third kappa shape index (κ3) is 1.76. The van der Waals surface area contributed by atoms with Crippen LogP contribution in [0.5, 0.6) is 0 Å².